The zero-order valence-electron chi connectivity index (χ0n) is 20.5. The maximum atomic E-state index is 13.3. The smallest absolute Gasteiger partial charge is 0.319 e. The highest BCUT2D eigenvalue weighted by molar-refractivity contribution is 7.18. The van der Waals surface area contributed by atoms with Crippen LogP contribution in [0.1, 0.15) is 5.56 Å². The zero-order chi connectivity index (χ0) is 26.3. The molecule has 3 amide bonds. The first-order valence-corrected chi connectivity index (χ1v) is 12.8. The van der Waals surface area contributed by atoms with Gasteiger partial charge in [-0.2, -0.15) is 0 Å². The third kappa shape index (κ3) is 5.96. The molecule has 0 saturated heterocycles. The Hall–Kier alpha value is -4.76. The molecule has 9 heteroatoms. The number of rotatable bonds is 8. The van der Waals surface area contributed by atoms with Crippen molar-refractivity contribution in [2.45, 2.75) is 12.5 Å². The molecule has 1 unspecified atom stereocenters. The van der Waals surface area contributed by atoms with Crippen LogP contribution >= 0.6 is 11.3 Å². The van der Waals surface area contributed by atoms with Crippen molar-refractivity contribution in [1.82, 2.24) is 15.5 Å². The van der Waals surface area contributed by atoms with Gasteiger partial charge in [-0.15, -0.1) is 10.2 Å². The van der Waals surface area contributed by atoms with E-state index in [1.165, 1.54) is 11.3 Å². The molecule has 0 saturated carbocycles. The van der Waals surface area contributed by atoms with Gasteiger partial charge in [0.2, 0.25) is 11.0 Å². The van der Waals surface area contributed by atoms with Crippen molar-refractivity contribution in [3.63, 3.8) is 0 Å². The second-order valence-corrected chi connectivity index (χ2v) is 9.48. The number of carbonyl (C=O) groups excluding carboxylic acids is 2. The first kappa shape index (κ1) is 24.9. The lowest BCUT2D eigenvalue weighted by atomic mass is 10.1. The second-order valence-electron chi connectivity index (χ2n) is 8.50. The summed E-state index contributed by atoms with van der Waals surface area (Å²) >= 11 is 1.25. The van der Waals surface area contributed by atoms with Gasteiger partial charge in [0.15, 0.2) is 0 Å². The van der Waals surface area contributed by atoms with Crippen molar-refractivity contribution in [2.75, 3.05) is 17.7 Å². The van der Waals surface area contributed by atoms with E-state index >= 15 is 0 Å². The van der Waals surface area contributed by atoms with E-state index in [9.17, 15) is 9.59 Å². The Bertz CT molecular complexity index is 1550. The van der Waals surface area contributed by atoms with Crippen LogP contribution in [0.2, 0.25) is 0 Å². The molecule has 0 bridgehead atoms. The van der Waals surface area contributed by atoms with Crippen LogP contribution in [0.3, 0.4) is 0 Å². The summed E-state index contributed by atoms with van der Waals surface area (Å²) < 4.78 is 5.20. The Morgan fingerprint density at radius 2 is 1.58 bits per heavy atom. The number of anilines is 2. The van der Waals surface area contributed by atoms with Gasteiger partial charge in [-0.25, -0.2) is 4.79 Å². The fourth-order valence-corrected chi connectivity index (χ4v) is 4.78. The number of aromatic nitrogens is 2. The van der Waals surface area contributed by atoms with Gasteiger partial charge >= 0.3 is 6.03 Å². The Balaban J connectivity index is 1.31. The van der Waals surface area contributed by atoms with Gasteiger partial charge in [0.25, 0.3) is 0 Å². The van der Waals surface area contributed by atoms with E-state index < -0.39 is 12.1 Å². The first-order chi connectivity index (χ1) is 18.6. The number of hydrogen-bond acceptors (Lipinski definition) is 6. The van der Waals surface area contributed by atoms with E-state index in [1.807, 2.05) is 97.1 Å². The number of nitrogens with one attached hydrogen (secondary N) is 3. The fraction of sp³-hybridized carbons (Fsp3) is 0.103. The number of ether oxygens (including phenoxy) is 1. The van der Waals surface area contributed by atoms with Crippen molar-refractivity contribution in [3.8, 4) is 16.3 Å². The second kappa shape index (κ2) is 11.5. The van der Waals surface area contributed by atoms with Gasteiger partial charge in [-0.1, -0.05) is 78.1 Å². The molecule has 3 N–H and O–H groups in total. The van der Waals surface area contributed by atoms with Crippen LogP contribution in [0, 0.1) is 0 Å². The number of fused-ring (bicyclic) bond motifs is 1. The molecular weight excluding hydrogens is 498 g/mol. The molecule has 0 spiro atoms. The Morgan fingerprint density at radius 1 is 0.842 bits per heavy atom. The molecule has 4 aromatic carbocycles. The first-order valence-electron chi connectivity index (χ1n) is 12.0. The van der Waals surface area contributed by atoms with Crippen LogP contribution in [0.5, 0.6) is 5.75 Å². The fourth-order valence-electron chi connectivity index (χ4n) is 4.03. The lowest BCUT2D eigenvalue weighted by Crippen LogP contribution is -2.46. The molecule has 5 rings (SSSR count). The van der Waals surface area contributed by atoms with Gasteiger partial charge in [0.05, 0.1) is 12.8 Å². The molecule has 0 aliphatic rings. The van der Waals surface area contributed by atoms with Gasteiger partial charge < -0.3 is 15.4 Å². The standard InChI is InChI=1S/C29H25N5O3S/c1-37-22-16-14-21(15-17-22)27-33-34-29(38-27)32-26(35)25(18-19-8-3-2-4-9-19)31-28(36)30-24-13-7-11-20-10-5-6-12-23(20)24/h2-17,25H,18H2,1H3,(H2,30,31,36)(H,32,34,35). The van der Waals surface area contributed by atoms with Crippen molar-refractivity contribution < 1.29 is 14.3 Å². The van der Waals surface area contributed by atoms with E-state index in [-0.39, 0.29) is 5.91 Å². The molecule has 5 aromatic rings. The van der Waals surface area contributed by atoms with E-state index in [2.05, 4.69) is 26.1 Å². The summed E-state index contributed by atoms with van der Waals surface area (Å²) in [7, 11) is 1.61. The Kier molecular flexibility index (Phi) is 7.56. The number of hydrogen-bond donors (Lipinski definition) is 3. The van der Waals surface area contributed by atoms with E-state index in [0.29, 0.717) is 22.2 Å². The summed E-state index contributed by atoms with van der Waals surface area (Å²) in [5.74, 6) is 0.350. The van der Waals surface area contributed by atoms with E-state index in [4.69, 9.17) is 4.74 Å². The number of benzene rings is 4. The third-order valence-electron chi connectivity index (χ3n) is 5.93. The average Bonchev–Trinajstić information content (AvgIpc) is 3.42. The van der Waals surface area contributed by atoms with Crippen molar-refractivity contribution in [3.05, 3.63) is 103 Å². The topological polar surface area (TPSA) is 105 Å². The monoisotopic (exact) mass is 523 g/mol. The summed E-state index contributed by atoms with van der Waals surface area (Å²) in [5.41, 5.74) is 2.43. The molecular formula is C29H25N5O3S. The summed E-state index contributed by atoms with van der Waals surface area (Å²) in [6.07, 6.45) is 0.305. The van der Waals surface area contributed by atoms with Gasteiger partial charge in [-0.3, -0.25) is 10.1 Å². The maximum absolute atomic E-state index is 13.3. The molecule has 38 heavy (non-hydrogen) atoms. The van der Waals surface area contributed by atoms with Crippen LogP contribution in [-0.2, 0) is 11.2 Å². The molecule has 0 aliphatic heterocycles. The molecule has 0 aliphatic carbocycles. The third-order valence-corrected chi connectivity index (χ3v) is 6.82. The SMILES string of the molecule is COc1ccc(-c2nnc(NC(=O)C(Cc3ccccc3)NC(=O)Nc3cccc4ccccc34)s2)cc1. The largest absolute Gasteiger partial charge is 0.497 e. The summed E-state index contributed by atoms with van der Waals surface area (Å²) in [6, 6.07) is 29.1. The normalized spacial score (nSPS) is 11.5. The summed E-state index contributed by atoms with van der Waals surface area (Å²) in [4.78, 5) is 26.3. The van der Waals surface area contributed by atoms with E-state index in [0.717, 1.165) is 27.6 Å². The quantitative estimate of drug-likeness (QED) is 0.241. The van der Waals surface area contributed by atoms with Crippen LogP contribution in [0.15, 0.2) is 97.1 Å². The molecule has 1 heterocycles. The number of carbonyl (C=O) groups is 2. The molecule has 8 nitrogen and oxygen atoms in total. The maximum Gasteiger partial charge on any atom is 0.319 e. The summed E-state index contributed by atoms with van der Waals surface area (Å²) in [5, 5.41) is 19.8. The van der Waals surface area contributed by atoms with Crippen LogP contribution < -0.4 is 20.7 Å². The lowest BCUT2D eigenvalue weighted by Gasteiger charge is -2.19. The molecule has 0 fully saturated rings. The minimum Gasteiger partial charge on any atom is -0.497 e. The highest BCUT2D eigenvalue weighted by atomic mass is 32.1. The van der Waals surface area contributed by atoms with Gasteiger partial charge in [-0.05, 0) is 41.3 Å². The van der Waals surface area contributed by atoms with E-state index in [1.54, 1.807) is 7.11 Å². The van der Waals surface area contributed by atoms with Gasteiger partial charge in [0, 0.05) is 17.4 Å². The minimum atomic E-state index is -0.847. The Labute approximate surface area is 223 Å². The number of urea groups is 1. The number of methoxy groups -OCH3 is 1. The number of amides is 3. The zero-order valence-corrected chi connectivity index (χ0v) is 21.4. The van der Waals surface area contributed by atoms with Crippen LogP contribution in [0.25, 0.3) is 21.3 Å². The molecule has 190 valence electrons. The number of nitrogens with zero attached hydrogens (tertiary/aromatic N) is 2. The molecule has 0 radical (unpaired) electrons. The van der Waals surface area contributed by atoms with Crippen molar-refractivity contribution in [1.29, 1.82) is 0 Å². The molecule has 1 atom stereocenters. The predicted molar refractivity (Wildman–Crippen MR) is 151 cm³/mol. The van der Waals surface area contributed by atoms with Crippen molar-refractivity contribution in [2.24, 2.45) is 0 Å². The van der Waals surface area contributed by atoms with Crippen LogP contribution in [0.4, 0.5) is 15.6 Å². The predicted octanol–water partition coefficient (Wildman–Crippen LogP) is 5.74. The minimum absolute atomic E-state index is 0.305. The Morgan fingerprint density at radius 3 is 2.37 bits per heavy atom. The lowest BCUT2D eigenvalue weighted by molar-refractivity contribution is -0.117. The highest BCUT2D eigenvalue weighted by Gasteiger charge is 2.23. The highest BCUT2D eigenvalue weighted by Crippen LogP contribution is 2.28. The molecule has 1 aromatic heterocycles. The average molecular weight is 524 g/mol. The van der Waals surface area contributed by atoms with Crippen molar-refractivity contribution >= 4 is 44.9 Å². The van der Waals surface area contributed by atoms with Gasteiger partial charge in [0.1, 0.15) is 16.8 Å². The summed E-state index contributed by atoms with van der Waals surface area (Å²) in [6.45, 7) is 0. The van der Waals surface area contributed by atoms with Crippen LogP contribution in [-0.4, -0.2) is 35.3 Å².